The van der Waals surface area contributed by atoms with Crippen molar-refractivity contribution in [2.75, 3.05) is 13.7 Å². The number of benzene rings is 1. The first kappa shape index (κ1) is 10.6. The van der Waals surface area contributed by atoms with Gasteiger partial charge in [0.1, 0.15) is 11.5 Å². The third-order valence-electron chi connectivity index (χ3n) is 1.93. The van der Waals surface area contributed by atoms with Crippen LogP contribution in [0.15, 0.2) is 30.3 Å². The van der Waals surface area contributed by atoms with Gasteiger partial charge in [-0.05, 0) is 32.1 Å². The molecule has 0 radical (unpaired) electrons. The van der Waals surface area contributed by atoms with E-state index in [4.69, 9.17) is 9.47 Å². The lowest BCUT2D eigenvalue weighted by Crippen LogP contribution is -1.95. The number of methoxy groups -OCH3 is 1. The van der Waals surface area contributed by atoms with E-state index in [0.29, 0.717) is 6.61 Å². The molecule has 2 heteroatoms. The summed E-state index contributed by atoms with van der Waals surface area (Å²) >= 11 is 0. The van der Waals surface area contributed by atoms with Crippen molar-refractivity contribution in [3.8, 4) is 5.75 Å². The molecule has 0 aromatic heterocycles. The largest absolute Gasteiger partial charge is 0.496 e. The van der Waals surface area contributed by atoms with Crippen molar-refractivity contribution >= 4 is 5.76 Å². The van der Waals surface area contributed by atoms with Gasteiger partial charge in [-0.3, -0.25) is 0 Å². The molecule has 0 saturated carbocycles. The Morgan fingerprint density at radius 1 is 1.36 bits per heavy atom. The molecule has 0 saturated heterocycles. The van der Waals surface area contributed by atoms with Gasteiger partial charge in [0.25, 0.3) is 0 Å². The molecule has 0 aliphatic rings. The van der Waals surface area contributed by atoms with Gasteiger partial charge in [-0.15, -0.1) is 0 Å². The predicted octanol–water partition coefficient (Wildman–Crippen LogP) is 3.09. The van der Waals surface area contributed by atoms with Crippen LogP contribution in [0.5, 0.6) is 5.75 Å². The summed E-state index contributed by atoms with van der Waals surface area (Å²) in [5.74, 6) is 1.71. The summed E-state index contributed by atoms with van der Waals surface area (Å²) in [5.41, 5.74) is 0.999. The van der Waals surface area contributed by atoms with E-state index in [0.717, 1.165) is 17.1 Å². The minimum absolute atomic E-state index is 0.664. The minimum Gasteiger partial charge on any atom is -0.496 e. The zero-order valence-electron chi connectivity index (χ0n) is 8.91. The monoisotopic (exact) mass is 192 g/mol. The molecule has 0 spiro atoms. The molecule has 0 heterocycles. The lowest BCUT2D eigenvalue weighted by atomic mass is 10.1. The van der Waals surface area contributed by atoms with E-state index in [1.807, 2.05) is 44.2 Å². The van der Waals surface area contributed by atoms with Crippen molar-refractivity contribution in [2.24, 2.45) is 0 Å². The van der Waals surface area contributed by atoms with Crippen LogP contribution in [0.4, 0.5) is 0 Å². The normalized spacial score (nSPS) is 11.2. The molecule has 0 fully saturated rings. The Labute approximate surface area is 85.2 Å². The molecule has 0 aliphatic carbocycles. The highest BCUT2D eigenvalue weighted by atomic mass is 16.5. The van der Waals surface area contributed by atoms with Crippen LogP contribution in [0.1, 0.15) is 19.4 Å². The molecule has 0 unspecified atom stereocenters. The number of ether oxygens (including phenoxy) is 2. The van der Waals surface area contributed by atoms with Gasteiger partial charge in [0.2, 0.25) is 0 Å². The highest BCUT2D eigenvalue weighted by Crippen LogP contribution is 2.26. The van der Waals surface area contributed by atoms with Crippen LogP contribution >= 0.6 is 0 Å². The molecule has 2 nitrogen and oxygen atoms in total. The maximum atomic E-state index is 5.50. The second-order valence-corrected chi connectivity index (χ2v) is 2.79. The highest BCUT2D eigenvalue weighted by Gasteiger charge is 2.06. The topological polar surface area (TPSA) is 18.5 Å². The fraction of sp³-hybridized carbons (Fsp3) is 0.333. The van der Waals surface area contributed by atoms with Gasteiger partial charge >= 0.3 is 0 Å². The van der Waals surface area contributed by atoms with E-state index in [2.05, 4.69) is 0 Å². The fourth-order valence-corrected chi connectivity index (χ4v) is 1.32. The third kappa shape index (κ3) is 2.28. The van der Waals surface area contributed by atoms with Crippen molar-refractivity contribution in [3.05, 3.63) is 35.9 Å². The number of rotatable bonds is 4. The Hall–Kier alpha value is -1.44. The Morgan fingerprint density at radius 3 is 2.64 bits per heavy atom. The molecule has 1 aromatic carbocycles. The summed E-state index contributed by atoms with van der Waals surface area (Å²) in [6, 6.07) is 7.84. The lowest BCUT2D eigenvalue weighted by Gasteiger charge is -2.11. The third-order valence-corrected chi connectivity index (χ3v) is 1.93. The summed E-state index contributed by atoms with van der Waals surface area (Å²) in [5, 5.41) is 0. The fourth-order valence-electron chi connectivity index (χ4n) is 1.32. The van der Waals surface area contributed by atoms with Crippen molar-refractivity contribution in [2.45, 2.75) is 13.8 Å². The zero-order valence-corrected chi connectivity index (χ0v) is 8.91. The smallest absolute Gasteiger partial charge is 0.129 e. The molecular formula is C12H16O2. The van der Waals surface area contributed by atoms with Crippen LogP contribution in [-0.4, -0.2) is 13.7 Å². The molecule has 1 rings (SSSR count). The van der Waals surface area contributed by atoms with Gasteiger partial charge in [0.15, 0.2) is 0 Å². The summed E-state index contributed by atoms with van der Waals surface area (Å²) in [7, 11) is 1.66. The second-order valence-electron chi connectivity index (χ2n) is 2.79. The van der Waals surface area contributed by atoms with E-state index >= 15 is 0 Å². The Kier molecular flexibility index (Phi) is 4.05. The second kappa shape index (κ2) is 5.32. The molecule has 0 N–H and O–H groups in total. The SMILES string of the molecule is C/C=C(/OCC)c1ccccc1OC. The molecule has 0 amide bonds. The van der Waals surface area contributed by atoms with Gasteiger partial charge in [-0.2, -0.15) is 0 Å². The van der Waals surface area contributed by atoms with E-state index < -0.39 is 0 Å². The Balaban J connectivity index is 3.03. The number of para-hydroxylation sites is 1. The van der Waals surface area contributed by atoms with Crippen molar-refractivity contribution in [1.29, 1.82) is 0 Å². The molecule has 0 aliphatic heterocycles. The maximum absolute atomic E-state index is 5.50. The molecule has 14 heavy (non-hydrogen) atoms. The average molecular weight is 192 g/mol. The molecule has 1 aromatic rings. The van der Waals surface area contributed by atoms with Crippen LogP contribution in [-0.2, 0) is 4.74 Å². The molecular weight excluding hydrogens is 176 g/mol. The van der Waals surface area contributed by atoms with E-state index in [1.54, 1.807) is 7.11 Å². The maximum Gasteiger partial charge on any atom is 0.129 e. The summed E-state index contributed by atoms with van der Waals surface area (Å²) in [4.78, 5) is 0. The molecule has 0 atom stereocenters. The van der Waals surface area contributed by atoms with Crippen LogP contribution in [0.2, 0.25) is 0 Å². The molecule has 76 valence electrons. The van der Waals surface area contributed by atoms with Gasteiger partial charge in [-0.1, -0.05) is 12.1 Å². The summed E-state index contributed by atoms with van der Waals surface area (Å²) in [6.45, 7) is 4.59. The van der Waals surface area contributed by atoms with Crippen LogP contribution < -0.4 is 4.74 Å². The standard InChI is InChI=1S/C12H16O2/c1-4-11(14-5-2)10-8-6-7-9-12(10)13-3/h4,6-9H,5H2,1-3H3/b11-4+. The first-order valence-electron chi connectivity index (χ1n) is 4.76. The predicted molar refractivity (Wildman–Crippen MR) is 58.3 cm³/mol. The van der Waals surface area contributed by atoms with Crippen LogP contribution in [0, 0.1) is 0 Å². The molecule has 0 bridgehead atoms. The summed E-state index contributed by atoms with van der Waals surface area (Å²) < 4.78 is 10.8. The van der Waals surface area contributed by atoms with Gasteiger partial charge in [-0.25, -0.2) is 0 Å². The number of allylic oxidation sites excluding steroid dienone is 1. The van der Waals surface area contributed by atoms with E-state index in [1.165, 1.54) is 0 Å². The average Bonchev–Trinajstić information content (AvgIpc) is 2.26. The van der Waals surface area contributed by atoms with Gasteiger partial charge in [0.05, 0.1) is 19.3 Å². The van der Waals surface area contributed by atoms with Crippen molar-refractivity contribution in [1.82, 2.24) is 0 Å². The van der Waals surface area contributed by atoms with Crippen LogP contribution in [0.3, 0.4) is 0 Å². The van der Waals surface area contributed by atoms with E-state index in [9.17, 15) is 0 Å². The van der Waals surface area contributed by atoms with Crippen LogP contribution in [0.25, 0.3) is 5.76 Å². The van der Waals surface area contributed by atoms with E-state index in [-0.39, 0.29) is 0 Å². The van der Waals surface area contributed by atoms with Crippen molar-refractivity contribution in [3.63, 3.8) is 0 Å². The Morgan fingerprint density at radius 2 is 2.07 bits per heavy atom. The lowest BCUT2D eigenvalue weighted by molar-refractivity contribution is 0.295. The van der Waals surface area contributed by atoms with Crippen molar-refractivity contribution < 1.29 is 9.47 Å². The summed E-state index contributed by atoms with van der Waals surface area (Å²) in [6.07, 6.45) is 1.95. The Bertz CT molecular complexity index is 316. The number of hydrogen-bond donors (Lipinski definition) is 0. The van der Waals surface area contributed by atoms with Gasteiger partial charge in [0, 0.05) is 0 Å². The quantitative estimate of drug-likeness (QED) is 0.682. The minimum atomic E-state index is 0.664. The zero-order chi connectivity index (χ0) is 10.4. The first-order valence-corrected chi connectivity index (χ1v) is 4.76. The highest BCUT2D eigenvalue weighted by molar-refractivity contribution is 5.65. The first-order chi connectivity index (χ1) is 6.83. The van der Waals surface area contributed by atoms with Gasteiger partial charge < -0.3 is 9.47 Å². The number of hydrogen-bond acceptors (Lipinski definition) is 2.